The Morgan fingerprint density at radius 3 is 1.92 bits per heavy atom. The van der Waals surface area contributed by atoms with Gasteiger partial charge in [0.1, 0.15) is 0 Å². The van der Waals surface area contributed by atoms with Gasteiger partial charge in [-0.15, -0.1) is 0 Å². The summed E-state index contributed by atoms with van der Waals surface area (Å²) in [5.41, 5.74) is 2.52. The Kier molecular flexibility index (Phi) is 6.09. The zero-order chi connectivity index (χ0) is 17.5. The zero-order valence-electron chi connectivity index (χ0n) is 14.2. The standard InChI is InChI=1S/C19H23N3O2/c1-13(16-7-5-4-6-8-16)20-14(2)19(24)22-18-11-9-17(10-12-18)21-15(3)23/h4-14,20H,1-3H3,(H,21,23)(H,22,24)/t13-,14-/m0/s1. The van der Waals surface area contributed by atoms with Crippen molar-refractivity contribution in [2.75, 3.05) is 10.6 Å². The van der Waals surface area contributed by atoms with Crippen LogP contribution in [0.15, 0.2) is 54.6 Å². The molecule has 0 saturated heterocycles. The molecule has 3 N–H and O–H groups in total. The summed E-state index contributed by atoms with van der Waals surface area (Å²) in [6.45, 7) is 5.32. The number of amides is 2. The summed E-state index contributed by atoms with van der Waals surface area (Å²) in [6.07, 6.45) is 0. The molecule has 2 atom stereocenters. The molecule has 2 aromatic rings. The highest BCUT2D eigenvalue weighted by Gasteiger charge is 2.16. The number of carbonyl (C=O) groups excluding carboxylic acids is 2. The van der Waals surface area contributed by atoms with Crippen LogP contribution in [-0.2, 0) is 9.59 Å². The molecule has 0 saturated carbocycles. The topological polar surface area (TPSA) is 70.2 Å². The molecule has 24 heavy (non-hydrogen) atoms. The molecule has 2 rings (SSSR count). The fourth-order valence-electron chi connectivity index (χ4n) is 2.38. The van der Waals surface area contributed by atoms with Gasteiger partial charge in [0.05, 0.1) is 6.04 Å². The lowest BCUT2D eigenvalue weighted by Crippen LogP contribution is -2.39. The van der Waals surface area contributed by atoms with E-state index in [-0.39, 0.29) is 23.9 Å². The van der Waals surface area contributed by atoms with Crippen molar-refractivity contribution in [3.63, 3.8) is 0 Å². The van der Waals surface area contributed by atoms with Crippen molar-refractivity contribution in [1.29, 1.82) is 0 Å². The van der Waals surface area contributed by atoms with Gasteiger partial charge in [-0.2, -0.15) is 0 Å². The first kappa shape index (κ1) is 17.7. The van der Waals surface area contributed by atoms with E-state index in [0.29, 0.717) is 11.4 Å². The molecule has 5 heteroatoms. The Morgan fingerprint density at radius 1 is 0.833 bits per heavy atom. The third-order valence-corrected chi connectivity index (χ3v) is 3.67. The van der Waals surface area contributed by atoms with Crippen LogP contribution in [0, 0.1) is 0 Å². The molecule has 0 aromatic heterocycles. The van der Waals surface area contributed by atoms with Gasteiger partial charge < -0.3 is 10.6 Å². The lowest BCUT2D eigenvalue weighted by molar-refractivity contribution is -0.118. The van der Waals surface area contributed by atoms with Crippen molar-refractivity contribution < 1.29 is 9.59 Å². The molecule has 0 aliphatic rings. The predicted octanol–water partition coefficient (Wildman–Crippen LogP) is 3.32. The van der Waals surface area contributed by atoms with Crippen molar-refractivity contribution in [2.45, 2.75) is 32.9 Å². The summed E-state index contributed by atoms with van der Waals surface area (Å²) in [7, 11) is 0. The van der Waals surface area contributed by atoms with Crippen LogP contribution in [0.25, 0.3) is 0 Å². The van der Waals surface area contributed by atoms with Gasteiger partial charge in [0.25, 0.3) is 0 Å². The van der Waals surface area contributed by atoms with Crippen LogP contribution in [0.1, 0.15) is 32.4 Å². The first-order valence-corrected chi connectivity index (χ1v) is 7.95. The van der Waals surface area contributed by atoms with Crippen LogP contribution < -0.4 is 16.0 Å². The maximum atomic E-state index is 12.3. The molecular formula is C19H23N3O2. The lowest BCUT2D eigenvalue weighted by atomic mass is 10.1. The summed E-state index contributed by atoms with van der Waals surface area (Å²) in [6, 6.07) is 16.8. The predicted molar refractivity (Wildman–Crippen MR) is 96.8 cm³/mol. The van der Waals surface area contributed by atoms with Gasteiger partial charge in [-0.05, 0) is 43.7 Å². The fraction of sp³-hybridized carbons (Fsp3) is 0.263. The minimum atomic E-state index is -0.338. The highest BCUT2D eigenvalue weighted by Crippen LogP contribution is 2.15. The fourth-order valence-corrected chi connectivity index (χ4v) is 2.38. The molecule has 5 nitrogen and oxygen atoms in total. The molecular weight excluding hydrogens is 302 g/mol. The molecule has 126 valence electrons. The molecule has 0 aliphatic heterocycles. The van der Waals surface area contributed by atoms with E-state index in [1.54, 1.807) is 24.3 Å². The van der Waals surface area contributed by atoms with E-state index in [1.165, 1.54) is 6.92 Å². The Bertz CT molecular complexity index is 684. The SMILES string of the molecule is CC(=O)Nc1ccc(NC(=O)[C@H](C)N[C@@H](C)c2ccccc2)cc1. The van der Waals surface area contributed by atoms with Gasteiger partial charge in [0.15, 0.2) is 0 Å². The summed E-state index contributed by atoms with van der Waals surface area (Å²) in [4.78, 5) is 23.3. The number of hydrogen-bond donors (Lipinski definition) is 3. The van der Waals surface area contributed by atoms with Crippen LogP contribution in [-0.4, -0.2) is 17.9 Å². The summed E-state index contributed by atoms with van der Waals surface area (Å²) < 4.78 is 0. The molecule has 0 fully saturated rings. The van der Waals surface area contributed by atoms with Crippen molar-refractivity contribution in [3.05, 3.63) is 60.2 Å². The Labute approximate surface area is 142 Å². The van der Waals surface area contributed by atoms with Crippen molar-refractivity contribution in [1.82, 2.24) is 5.32 Å². The minimum absolute atomic E-state index is 0.0779. The largest absolute Gasteiger partial charge is 0.326 e. The maximum absolute atomic E-state index is 12.3. The normalized spacial score (nSPS) is 13.0. The summed E-state index contributed by atoms with van der Waals surface area (Å²) in [5.74, 6) is -0.232. The molecule has 0 aliphatic carbocycles. The number of benzene rings is 2. The second-order valence-electron chi connectivity index (χ2n) is 5.77. The smallest absolute Gasteiger partial charge is 0.241 e. The quantitative estimate of drug-likeness (QED) is 0.763. The summed E-state index contributed by atoms with van der Waals surface area (Å²) >= 11 is 0. The lowest BCUT2D eigenvalue weighted by Gasteiger charge is -2.20. The molecule has 2 amide bonds. The van der Waals surface area contributed by atoms with Gasteiger partial charge >= 0.3 is 0 Å². The second kappa shape index (κ2) is 8.26. The molecule has 0 spiro atoms. The molecule has 0 unspecified atom stereocenters. The van der Waals surface area contributed by atoms with Crippen molar-refractivity contribution in [2.24, 2.45) is 0 Å². The second-order valence-corrected chi connectivity index (χ2v) is 5.77. The number of rotatable bonds is 6. The molecule has 2 aromatic carbocycles. The van der Waals surface area contributed by atoms with Crippen LogP contribution in [0.2, 0.25) is 0 Å². The van der Waals surface area contributed by atoms with Crippen molar-refractivity contribution >= 4 is 23.2 Å². The van der Waals surface area contributed by atoms with Gasteiger partial charge in [0, 0.05) is 24.3 Å². The van der Waals surface area contributed by atoms with Crippen LogP contribution in [0.3, 0.4) is 0 Å². The maximum Gasteiger partial charge on any atom is 0.241 e. The Hall–Kier alpha value is -2.66. The molecule has 0 radical (unpaired) electrons. The Balaban J connectivity index is 1.90. The zero-order valence-corrected chi connectivity index (χ0v) is 14.2. The van der Waals surface area contributed by atoms with Gasteiger partial charge in [-0.1, -0.05) is 30.3 Å². The van der Waals surface area contributed by atoms with E-state index in [1.807, 2.05) is 44.2 Å². The van der Waals surface area contributed by atoms with Crippen molar-refractivity contribution in [3.8, 4) is 0 Å². The average molecular weight is 325 g/mol. The number of anilines is 2. The van der Waals surface area contributed by atoms with E-state index >= 15 is 0 Å². The summed E-state index contributed by atoms with van der Waals surface area (Å²) in [5, 5.41) is 8.84. The van der Waals surface area contributed by atoms with Gasteiger partial charge in [-0.3, -0.25) is 14.9 Å². The van der Waals surface area contributed by atoms with E-state index in [2.05, 4.69) is 16.0 Å². The average Bonchev–Trinajstić information content (AvgIpc) is 2.56. The molecule has 0 bridgehead atoms. The number of hydrogen-bond acceptors (Lipinski definition) is 3. The molecule has 0 heterocycles. The van der Waals surface area contributed by atoms with Crippen LogP contribution in [0.4, 0.5) is 11.4 Å². The Morgan fingerprint density at radius 2 is 1.38 bits per heavy atom. The van der Waals surface area contributed by atoms with Crippen LogP contribution >= 0.6 is 0 Å². The van der Waals surface area contributed by atoms with E-state index in [4.69, 9.17) is 0 Å². The highest BCUT2D eigenvalue weighted by atomic mass is 16.2. The van der Waals surface area contributed by atoms with E-state index in [0.717, 1.165) is 5.56 Å². The highest BCUT2D eigenvalue weighted by molar-refractivity contribution is 5.95. The van der Waals surface area contributed by atoms with Gasteiger partial charge in [-0.25, -0.2) is 0 Å². The van der Waals surface area contributed by atoms with E-state index in [9.17, 15) is 9.59 Å². The minimum Gasteiger partial charge on any atom is -0.326 e. The van der Waals surface area contributed by atoms with E-state index < -0.39 is 0 Å². The van der Waals surface area contributed by atoms with Crippen LogP contribution in [0.5, 0.6) is 0 Å². The monoisotopic (exact) mass is 325 g/mol. The number of carbonyl (C=O) groups is 2. The first-order chi connectivity index (χ1) is 11.5. The third kappa shape index (κ3) is 5.21. The third-order valence-electron chi connectivity index (χ3n) is 3.67. The first-order valence-electron chi connectivity index (χ1n) is 7.95. The number of nitrogens with one attached hydrogen (secondary N) is 3. The van der Waals surface area contributed by atoms with Gasteiger partial charge in [0.2, 0.25) is 11.8 Å².